The Morgan fingerprint density at radius 2 is 1.89 bits per heavy atom. The molecule has 0 spiro atoms. The average Bonchev–Trinajstić information content (AvgIpc) is 3.28. The number of para-hydroxylation sites is 1. The Bertz CT molecular complexity index is 1180. The SMILES string of the molecule is C=CCn1c(COc2ccccc2-c2ccccc2)nnc1SCC(=O)O[C@@H]1C[C@H](C)CC[C@@H]1C(C)C. The van der Waals surface area contributed by atoms with Crippen molar-refractivity contribution in [1.29, 1.82) is 0 Å². The average molecular weight is 520 g/mol. The van der Waals surface area contributed by atoms with Gasteiger partial charge >= 0.3 is 5.97 Å². The Balaban J connectivity index is 1.40. The van der Waals surface area contributed by atoms with E-state index in [4.69, 9.17) is 9.47 Å². The van der Waals surface area contributed by atoms with Gasteiger partial charge in [-0.2, -0.15) is 0 Å². The van der Waals surface area contributed by atoms with Crippen molar-refractivity contribution < 1.29 is 14.3 Å². The number of allylic oxidation sites excluding steroid dienone is 1. The van der Waals surface area contributed by atoms with Crippen LogP contribution >= 0.6 is 11.8 Å². The summed E-state index contributed by atoms with van der Waals surface area (Å²) in [5.74, 6) is 2.98. The van der Waals surface area contributed by atoms with E-state index >= 15 is 0 Å². The minimum Gasteiger partial charge on any atom is -0.485 e. The molecule has 3 aromatic rings. The summed E-state index contributed by atoms with van der Waals surface area (Å²) >= 11 is 1.35. The van der Waals surface area contributed by atoms with Crippen molar-refractivity contribution in [2.24, 2.45) is 17.8 Å². The lowest BCUT2D eigenvalue weighted by Crippen LogP contribution is -2.36. The molecule has 37 heavy (non-hydrogen) atoms. The molecule has 1 aliphatic rings. The van der Waals surface area contributed by atoms with Crippen LogP contribution in [0.25, 0.3) is 11.1 Å². The van der Waals surface area contributed by atoms with Crippen molar-refractivity contribution >= 4 is 17.7 Å². The first kappa shape index (κ1) is 27.0. The van der Waals surface area contributed by atoms with Gasteiger partial charge in [-0.3, -0.25) is 9.36 Å². The van der Waals surface area contributed by atoms with Gasteiger partial charge in [0.05, 0.1) is 5.75 Å². The molecule has 6 nitrogen and oxygen atoms in total. The molecule has 1 saturated carbocycles. The molecular formula is C30H37N3O3S. The minimum atomic E-state index is -0.197. The van der Waals surface area contributed by atoms with E-state index in [-0.39, 0.29) is 24.4 Å². The fraction of sp³-hybridized carbons (Fsp3) is 0.433. The fourth-order valence-electron chi connectivity index (χ4n) is 5.01. The van der Waals surface area contributed by atoms with E-state index in [1.54, 1.807) is 6.08 Å². The van der Waals surface area contributed by atoms with E-state index in [0.717, 1.165) is 29.7 Å². The molecule has 0 saturated heterocycles. The zero-order valence-corrected chi connectivity index (χ0v) is 22.8. The monoisotopic (exact) mass is 519 g/mol. The maximum atomic E-state index is 12.8. The molecule has 1 aromatic heterocycles. The molecule has 0 amide bonds. The highest BCUT2D eigenvalue weighted by Gasteiger charge is 2.33. The summed E-state index contributed by atoms with van der Waals surface area (Å²) in [6, 6.07) is 18.1. The summed E-state index contributed by atoms with van der Waals surface area (Å²) in [5.41, 5.74) is 2.11. The maximum Gasteiger partial charge on any atom is 0.316 e. The molecular weight excluding hydrogens is 482 g/mol. The summed E-state index contributed by atoms with van der Waals surface area (Å²) in [4.78, 5) is 12.8. The minimum absolute atomic E-state index is 0.00320. The second kappa shape index (κ2) is 13.0. The Morgan fingerprint density at radius 1 is 1.14 bits per heavy atom. The van der Waals surface area contributed by atoms with Gasteiger partial charge in [-0.05, 0) is 42.2 Å². The van der Waals surface area contributed by atoms with Crippen molar-refractivity contribution in [2.45, 2.75) is 64.4 Å². The normalized spacial score (nSPS) is 19.5. The predicted molar refractivity (Wildman–Crippen MR) is 148 cm³/mol. The number of carbonyl (C=O) groups is 1. The number of nitrogens with zero attached hydrogens (tertiary/aromatic N) is 3. The maximum absolute atomic E-state index is 12.8. The largest absolute Gasteiger partial charge is 0.485 e. The number of carbonyl (C=O) groups excluding carboxylic acids is 1. The van der Waals surface area contributed by atoms with Gasteiger partial charge in [0.1, 0.15) is 18.5 Å². The van der Waals surface area contributed by atoms with Gasteiger partial charge in [-0.15, -0.1) is 16.8 Å². The van der Waals surface area contributed by atoms with Crippen LogP contribution in [0.1, 0.15) is 45.9 Å². The predicted octanol–water partition coefficient (Wildman–Crippen LogP) is 6.81. The van der Waals surface area contributed by atoms with Crippen molar-refractivity contribution in [3.05, 3.63) is 73.1 Å². The fourth-order valence-corrected chi connectivity index (χ4v) is 5.76. The van der Waals surface area contributed by atoms with Crippen LogP contribution in [0.15, 0.2) is 72.4 Å². The Morgan fingerprint density at radius 3 is 2.65 bits per heavy atom. The zero-order chi connectivity index (χ0) is 26.2. The number of ether oxygens (including phenoxy) is 2. The number of rotatable bonds is 11. The first-order valence-corrected chi connectivity index (χ1v) is 14.1. The third-order valence-electron chi connectivity index (χ3n) is 7.00. The van der Waals surface area contributed by atoms with Gasteiger partial charge in [0, 0.05) is 12.1 Å². The van der Waals surface area contributed by atoms with E-state index in [2.05, 4.69) is 49.7 Å². The number of hydrogen-bond donors (Lipinski definition) is 0. The van der Waals surface area contributed by atoms with Crippen LogP contribution in [-0.2, 0) is 22.7 Å². The third-order valence-corrected chi connectivity index (χ3v) is 7.94. The van der Waals surface area contributed by atoms with Gasteiger partial charge in [-0.1, -0.05) is 93.6 Å². The van der Waals surface area contributed by atoms with E-state index in [9.17, 15) is 4.79 Å². The zero-order valence-electron chi connectivity index (χ0n) is 22.0. The Kier molecular flexibility index (Phi) is 9.45. The lowest BCUT2D eigenvalue weighted by molar-refractivity contribution is -0.152. The molecule has 7 heteroatoms. The van der Waals surface area contributed by atoms with Crippen LogP contribution in [0.2, 0.25) is 0 Å². The van der Waals surface area contributed by atoms with Crippen molar-refractivity contribution in [3.8, 4) is 16.9 Å². The van der Waals surface area contributed by atoms with Crippen LogP contribution in [0.4, 0.5) is 0 Å². The van der Waals surface area contributed by atoms with Crippen LogP contribution in [0, 0.1) is 17.8 Å². The van der Waals surface area contributed by atoms with Crippen molar-refractivity contribution in [3.63, 3.8) is 0 Å². The lowest BCUT2D eigenvalue weighted by Gasteiger charge is -2.36. The molecule has 0 aliphatic heterocycles. The summed E-state index contributed by atoms with van der Waals surface area (Å²) < 4.78 is 14.1. The molecule has 1 fully saturated rings. The van der Waals surface area contributed by atoms with E-state index in [1.165, 1.54) is 18.2 Å². The van der Waals surface area contributed by atoms with Gasteiger partial charge in [0.2, 0.25) is 0 Å². The highest BCUT2D eigenvalue weighted by atomic mass is 32.2. The topological polar surface area (TPSA) is 66.2 Å². The highest BCUT2D eigenvalue weighted by molar-refractivity contribution is 7.99. The number of thioether (sulfide) groups is 1. The summed E-state index contributed by atoms with van der Waals surface area (Å²) in [7, 11) is 0. The molecule has 0 radical (unpaired) electrons. The number of aromatic nitrogens is 3. The first-order chi connectivity index (χ1) is 18.0. The Hall–Kier alpha value is -3.06. The van der Waals surface area contributed by atoms with Gasteiger partial charge in [0.25, 0.3) is 0 Å². The summed E-state index contributed by atoms with van der Waals surface area (Å²) in [6.45, 7) is 11.3. The molecule has 1 aliphatic carbocycles. The molecule has 4 rings (SSSR count). The van der Waals surface area contributed by atoms with E-state index in [1.807, 2.05) is 47.0 Å². The van der Waals surface area contributed by atoms with Crippen LogP contribution in [0.3, 0.4) is 0 Å². The first-order valence-electron chi connectivity index (χ1n) is 13.1. The van der Waals surface area contributed by atoms with Gasteiger partial charge < -0.3 is 9.47 Å². The van der Waals surface area contributed by atoms with Crippen molar-refractivity contribution in [2.75, 3.05) is 5.75 Å². The molecule has 0 unspecified atom stereocenters. The summed E-state index contributed by atoms with van der Waals surface area (Å²) in [5, 5.41) is 9.36. The highest BCUT2D eigenvalue weighted by Crippen LogP contribution is 2.36. The molecule has 3 atom stereocenters. The second-order valence-electron chi connectivity index (χ2n) is 10.1. The van der Waals surface area contributed by atoms with Crippen LogP contribution < -0.4 is 4.74 Å². The number of hydrogen-bond acceptors (Lipinski definition) is 6. The van der Waals surface area contributed by atoms with Crippen LogP contribution in [-0.4, -0.2) is 32.6 Å². The molecule has 0 bridgehead atoms. The van der Waals surface area contributed by atoms with Crippen molar-refractivity contribution in [1.82, 2.24) is 14.8 Å². The Labute approximate surface area is 224 Å². The molecule has 0 N–H and O–H groups in total. The second-order valence-corrected chi connectivity index (χ2v) is 11.0. The molecule has 2 aromatic carbocycles. The molecule has 1 heterocycles. The summed E-state index contributed by atoms with van der Waals surface area (Å²) in [6.07, 6.45) is 5.06. The standard InChI is InChI=1S/C30H37N3O3S/c1-5-17-33-28(19-35-26-14-10-9-13-25(26)23-11-7-6-8-12-23)31-32-30(33)37-20-29(34)36-27-18-22(4)15-16-24(27)21(2)3/h5-14,21-22,24,27H,1,15-20H2,2-4H3/t22-,24-,27-/m1/s1. The van der Waals surface area contributed by atoms with Gasteiger partial charge in [0.15, 0.2) is 11.0 Å². The van der Waals surface area contributed by atoms with E-state index < -0.39 is 0 Å². The quantitative estimate of drug-likeness (QED) is 0.158. The lowest BCUT2D eigenvalue weighted by atomic mass is 9.75. The third kappa shape index (κ3) is 7.04. The number of esters is 1. The molecule has 196 valence electrons. The smallest absolute Gasteiger partial charge is 0.316 e. The van der Waals surface area contributed by atoms with Crippen LogP contribution in [0.5, 0.6) is 5.75 Å². The van der Waals surface area contributed by atoms with Gasteiger partial charge in [-0.25, -0.2) is 0 Å². The number of benzene rings is 2. The van der Waals surface area contributed by atoms with E-state index in [0.29, 0.717) is 35.3 Å².